The van der Waals surface area contributed by atoms with E-state index in [-0.39, 0.29) is 11.8 Å². The van der Waals surface area contributed by atoms with E-state index in [1.165, 1.54) is 7.11 Å². The number of nitrogens with one attached hydrogen (secondary N) is 2. The van der Waals surface area contributed by atoms with Crippen molar-refractivity contribution in [3.05, 3.63) is 57.6 Å². The summed E-state index contributed by atoms with van der Waals surface area (Å²) in [4.78, 5) is 44.2. The Morgan fingerprint density at radius 2 is 1.65 bits per heavy atom. The number of ether oxygens (including phenoxy) is 1. The van der Waals surface area contributed by atoms with Crippen molar-refractivity contribution in [2.75, 3.05) is 69.7 Å². The maximum atomic E-state index is 13.2. The average molecular weight is 548 g/mol. The predicted molar refractivity (Wildman–Crippen MR) is 145 cm³/mol. The number of nitrogens with zero attached hydrogens (tertiary/aromatic N) is 3. The molecule has 0 radical (unpaired) electrons. The van der Waals surface area contributed by atoms with Gasteiger partial charge in [-0.15, -0.1) is 0 Å². The molecule has 0 unspecified atom stereocenters. The SMILES string of the molecule is COC(=O)Nc1cc(C(=O)N2CCCNCC2)ccc1N1CCCN(C(=O)c2ccc(Cl)cc2Cl)CC1. The monoisotopic (exact) mass is 547 g/mol. The fourth-order valence-electron chi connectivity index (χ4n) is 4.63. The molecule has 11 heteroatoms. The van der Waals surface area contributed by atoms with Crippen molar-refractivity contribution in [3.63, 3.8) is 0 Å². The zero-order valence-corrected chi connectivity index (χ0v) is 22.3. The molecule has 2 heterocycles. The zero-order chi connectivity index (χ0) is 26.4. The third-order valence-corrected chi connectivity index (χ3v) is 7.13. The molecule has 0 aromatic heterocycles. The summed E-state index contributed by atoms with van der Waals surface area (Å²) in [5, 5.41) is 6.86. The van der Waals surface area contributed by atoms with Crippen molar-refractivity contribution in [2.24, 2.45) is 0 Å². The van der Waals surface area contributed by atoms with Crippen molar-refractivity contribution < 1.29 is 19.1 Å². The fraction of sp³-hybridized carbons (Fsp3) is 0.423. The van der Waals surface area contributed by atoms with Crippen molar-refractivity contribution in [1.29, 1.82) is 0 Å². The molecule has 0 saturated carbocycles. The topological polar surface area (TPSA) is 94.2 Å². The average Bonchev–Trinajstić information content (AvgIpc) is 3.31. The molecule has 3 amide bonds. The first-order chi connectivity index (χ1) is 17.9. The normalized spacial score (nSPS) is 16.6. The molecule has 2 aliphatic heterocycles. The second kappa shape index (κ2) is 12.5. The molecule has 198 valence electrons. The fourth-order valence-corrected chi connectivity index (χ4v) is 5.12. The first-order valence-electron chi connectivity index (χ1n) is 12.4. The Balaban J connectivity index is 1.53. The third-order valence-electron chi connectivity index (χ3n) is 6.58. The van der Waals surface area contributed by atoms with E-state index < -0.39 is 6.09 Å². The number of rotatable bonds is 4. The molecule has 2 fully saturated rings. The lowest BCUT2D eigenvalue weighted by Crippen LogP contribution is -2.36. The van der Waals surface area contributed by atoms with Gasteiger partial charge in [-0.05, 0) is 55.8 Å². The van der Waals surface area contributed by atoms with E-state index in [1.54, 1.807) is 35.2 Å². The summed E-state index contributed by atoms with van der Waals surface area (Å²) in [5.41, 5.74) is 2.17. The number of halogens is 2. The van der Waals surface area contributed by atoms with Crippen LogP contribution in [0.1, 0.15) is 33.6 Å². The summed E-state index contributed by atoms with van der Waals surface area (Å²) >= 11 is 12.3. The highest BCUT2D eigenvalue weighted by Gasteiger charge is 2.25. The third kappa shape index (κ3) is 6.66. The standard InChI is InChI=1S/C26H31Cl2N5O4/c1-37-26(36)30-22-16-18(24(34)32-10-2-8-29-9-13-32)4-7-23(22)31-11-3-12-33(15-14-31)25(35)20-6-5-19(27)17-21(20)28/h4-7,16-17,29H,2-3,8-15H2,1H3,(H,30,36). The van der Waals surface area contributed by atoms with Gasteiger partial charge in [0, 0.05) is 56.4 Å². The second-order valence-electron chi connectivity index (χ2n) is 9.00. The van der Waals surface area contributed by atoms with Gasteiger partial charge in [0.25, 0.3) is 11.8 Å². The maximum absolute atomic E-state index is 13.2. The Labute approximate surface area is 226 Å². The van der Waals surface area contributed by atoms with Crippen LogP contribution in [0.2, 0.25) is 10.0 Å². The predicted octanol–water partition coefficient (Wildman–Crippen LogP) is 3.96. The minimum Gasteiger partial charge on any atom is -0.453 e. The van der Waals surface area contributed by atoms with E-state index in [0.717, 1.165) is 31.6 Å². The van der Waals surface area contributed by atoms with Crippen LogP contribution < -0.4 is 15.5 Å². The van der Waals surface area contributed by atoms with Crippen molar-refractivity contribution in [1.82, 2.24) is 15.1 Å². The Morgan fingerprint density at radius 3 is 2.43 bits per heavy atom. The summed E-state index contributed by atoms with van der Waals surface area (Å²) in [6.45, 7) is 5.19. The van der Waals surface area contributed by atoms with E-state index in [4.69, 9.17) is 27.9 Å². The smallest absolute Gasteiger partial charge is 0.411 e. The van der Waals surface area contributed by atoms with Crippen LogP contribution in [-0.4, -0.2) is 87.2 Å². The highest BCUT2D eigenvalue weighted by atomic mass is 35.5. The highest BCUT2D eigenvalue weighted by Crippen LogP contribution is 2.30. The Hall–Kier alpha value is -3.01. The Kier molecular flexibility index (Phi) is 9.13. The van der Waals surface area contributed by atoms with Crippen molar-refractivity contribution in [3.8, 4) is 0 Å². The van der Waals surface area contributed by atoms with E-state index >= 15 is 0 Å². The molecule has 37 heavy (non-hydrogen) atoms. The molecular formula is C26H31Cl2N5O4. The van der Waals surface area contributed by atoms with Gasteiger partial charge < -0.3 is 24.8 Å². The largest absolute Gasteiger partial charge is 0.453 e. The van der Waals surface area contributed by atoms with Crippen LogP contribution in [0, 0.1) is 0 Å². The number of hydrogen-bond acceptors (Lipinski definition) is 6. The number of benzene rings is 2. The van der Waals surface area contributed by atoms with Crippen LogP contribution >= 0.6 is 23.2 Å². The minimum atomic E-state index is -0.617. The van der Waals surface area contributed by atoms with Crippen molar-refractivity contribution >= 4 is 52.5 Å². The zero-order valence-electron chi connectivity index (χ0n) is 20.8. The van der Waals surface area contributed by atoms with E-state index in [2.05, 4.69) is 15.5 Å². The van der Waals surface area contributed by atoms with Gasteiger partial charge >= 0.3 is 6.09 Å². The second-order valence-corrected chi connectivity index (χ2v) is 9.84. The molecule has 0 atom stereocenters. The lowest BCUT2D eigenvalue weighted by Gasteiger charge is -2.27. The Morgan fingerprint density at radius 1 is 0.865 bits per heavy atom. The minimum absolute atomic E-state index is 0.0735. The molecule has 4 rings (SSSR count). The first kappa shape index (κ1) is 27.0. The van der Waals surface area contributed by atoms with Gasteiger partial charge in [-0.25, -0.2) is 4.79 Å². The molecule has 9 nitrogen and oxygen atoms in total. The summed E-state index contributed by atoms with van der Waals surface area (Å²) in [7, 11) is 1.30. The van der Waals surface area contributed by atoms with Gasteiger partial charge in [0.2, 0.25) is 0 Å². The van der Waals surface area contributed by atoms with Crippen LogP contribution in [0.5, 0.6) is 0 Å². The summed E-state index contributed by atoms with van der Waals surface area (Å²) in [6.07, 6.45) is 0.992. The van der Waals surface area contributed by atoms with Crippen molar-refractivity contribution in [2.45, 2.75) is 12.8 Å². The maximum Gasteiger partial charge on any atom is 0.411 e. The molecule has 2 aliphatic rings. The van der Waals surface area contributed by atoms with Crippen LogP contribution in [0.4, 0.5) is 16.2 Å². The van der Waals surface area contributed by atoms with Crippen LogP contribution in [-0.2, 0) is 4.74 Å². The molecule has 2 N–H and O–H groups in total. The van der Waals surface area contributed by atoms with E-state index in [1.807, 2.05) is 11.0 Å². The van der Waals surface area contributed by atoms with E-state index in [9.17, 15) is 14.4 Å². The molecule has 0 aliphatic carbocycles. The lowest BCUT2D eigenvalue weighted by molar-refractivity contribution is 0.0759. The number of methoxy groups -OCH3 is 1. The molecule has 2 aromatic rings. The Bertz CT molecular complexity index is 1150. The van der Waals surface area contributed by atoms with Gasteiger partial charge in [0.05, 0.1) is 29.1 Å². The van der Waals surface area contributed by atoms with Gasteiger partial charge in [0.1, 0.15) is 0 Å². The molecule has 2 saturated heterocycles. The van der Waals surface area contributed by atoms with Gasteiger partial charge in [-0.2, -0.15) is 0 Å². The van der Waals surface area contributed by atoms with Crippen LogP contribution in [0.3, 0.4) is 0 Å². The van der Waals surface area contributed by atoms with E-state index in [0.29, 0.717) is 66.1 Å². The van der Waals surface area contributed by atoms with Crippen LogP contribution in [0.25, 0.3) is 0 Å². The molecule has 2 aromatic carbocycles. The number of carbonyl (C=O) groups is 3. The molecule has 0 spiro atoms. The highest BCUT2D eigenvalue weighted by molar-refractivity contribution is 6.36. The summed E-state index contributed by atoms with van der Waals surface area (Å²) in [5.74, 6) is -0.222. The van der Waals surface area contributed by atoms with Crippen LogP contribution in [0.15, 0.2) is 36.4 Å². The number of anilines is 2. The van der Waals surface area contributed by atoms with Gasteiger partial charge in [-0.3, -0.25) is 14.9 Å². The first-order valence-corrected chi connectivity index (χ1v) is 13.1. The number of hydrogen-bond donors (Lipinski definition) is 2. The summed E-state index contributed by atoms with van der Waals surface area (Å²) in [6, 6.07) is 10.2. The van der Waals surface area contributed by atoms with Gasteiger partial charge in [-0.1, -0.05) is 23.2 Å². The number of carbonyl (C=O) groups excluding carboxylic acids is 3. The molecule has 0 bridgehead atoms. The van der Waals surface area contributed by atoms with Gasteiger partial charge in [0.15, 0.2) is 0 Å². The lowest BCUT2D eigenvalue weighted by atomic mass is 10.1. The summed E-state index contributed by atoms with van der Waals surface area (Å²) < 4.78 is 4.82. The molecular weight excluding hydrogens is 517 g/mol. The quantitative estimate of drug-likeness (QED) is 0.601. The number of amides is 3.